The Hall–Kier alpha value is -2.02. The van der Waals surface area contributed by atoms with Crippen LogP contribution in [0.15, 0.2) is 18.2 Å². The van der Waals surface area contributed by atoms with Gasteiger partial charge in [0.05, 0.1) is 18.7 Å². The van der Waals surface area contributed by atoms with E-state index in [2.05, 4.69) is 5.32 Å². The van der Waals surface area contributed by atoms with Crippen molar-refractivity contribution >= 4 is 11.8 Å². The number of carbonyl (C=O) groups is 2. The van der Waals surface area contributed by atoms with E-state index in [0.717, 1.165) is 37.5 Å². The topological polar surface area (TPSA) is 69.6 Å². The molecule has 1 aliphatic heterocycles. The number of halogens is 2. The van der Waals surface area contributed by atoms with Crippen LogP contribution in [-0.2, 0) is 4.79 Å². The van der Waals surface area contributed by atoms with E-state index >= 15 is 0 Å². The molecular formula is C16H20F2N2O3. The van der Waals surface area contributed by atoms with Crippen molar-refractivity contribution in [2.45, 2.75) is 38.3 Å². The van der Waals surface area contributed by atoms with Crippen LogP contribution in [0, 0.1) is 11.6 Å². The Bertz CT molecular complexity index is 593. The number of nitrogens with zero attached hydrogens (tertiary/aromatic N) is 1. The van der Waals surface area contributed by atoms with Crippen LogP contribution in [-0.4, -0.2) is 47.1 Å². The summed E-state index contributed by atoms with van der Waals surface area (Å²) in [6.45, 7) is 1.92. The number of piperidine rings is 1. The van der Waals surface area contributed by atoms with E-state index in [1.165, 1.54) is 0 Å². The fraction of sp³-hybridized carbons (Fsp3) is 0.500. The van der Waals surface area contributed by atoms with E-state index in [-0.39, 0.29) is 24.1 Å². The van der Waals surface area contributed by atoms with Gasteiger partial charge in [0.15, 0.2) is 11.6 Å². The zero-order valence-corrected chi connectivity index (χ0v) is 12.9. The van der Waals surface area contributed by atoms with Crippen LogP contribution in [0.3, 0.4) is 0 Å². The molecule has 2 atom stereocenters. The Morgan fingerprint density at radius 2 is 2.09 bits per heavy atom. The van der Waals surface area contributed by atoms with Crippen LogP contribution < -0.4 is 5.32 Å². The van der Waals surface area contributed by atoms with E-state index in [1.54, 1.807) is 11.8 Å². The highest BCUT2D eigenvalue weighted by molar-refractivity contribution is 5.96. The highest BCUT2D eigenvalue weighted by atomic mass is 19.2. The van der Waals surface area contributed by atoms with Gasteiger partial charge < -0.3 is 15.3 Å². The summed E-state index contributed by atoms with van der Waals surface area (Å²) in [6, 6.07) is 2.54. The van der Waals surface area contributed by atoms with E-state index in [1.807, 2.05) is 0 Å². The molecule has 0 unspecified atom stereocenters. The molecule has 23 heavy (non-hydrogen) atoms. The number of aliphatic hydroxyl groups is 1. The Morgan fingerprint density at radius 1 is 1.35 bits per heavy atom. The maximum Gasteiger partial charge on any atom is 0.251 e. The first kappa shape index (κ1) is 17.3. The molecule has 1 aromatic carbocycles. The monoisotopic (exact) mass is 326 g/mol. The lowest BCUT2D eigenvalue weighted by molar-refractivity contribution is -0.136. The quantitative estimate of drug-likeness (QED) is 0.880. The molecule has 1 saturated heterocycles. The number of aliphatic hydroxyl groups excluding tert-OH is 1. The molecule has 5 nitrogen and oxygen atoms in total. The molecule has 0 aromatic heterocycles. The minimum Gasteiger partial charge on any atom is -0.391 e. The van der Waals surface area contributed by atoms with Gasteiger partial charge in [-0.15, -0.1) is 0 Å². The largest absolute Gasteiger partial charge is 0.391 e. The second-order valence-electron chi connectivity index (χ2n) is 5.70. The Labute approximate surface area is 133 Å². The zero-order chi connectivity index (χ0) is 17.0. The van der Waals surface area contributed by atoms with Gasteiger partial charge in [0, 0.05) is 12.1 Å². The third-order valence-corrected chi connectivity index (χ3v) is 4.01. The lowest BCUT2D eigenvalue weighted by Crippen LogP contribution is -2.51. The SMILES string of the molecule is C[C@H](O)[C@H]1CCCCN1C(=O)CNC(=O)c1ccc(F)c(F)c1. The predicted molar refractivity (Wildman–Crippen MR) is 79.7 cm³/mol. The molecule has 126 valence electrons. The standard InChI is InChI=1S/C16H20F2N2O3/c1-10(21)14-4-2-3-7-20(14)15(22)9-19-16(23)11-5-6-12(17)13(18)8-11/h5-6,8,10,14,21H,2-4,7,9H2,1H3,(H,19,23)/t10-,14+/m0/s1. The molecule has 2 rings (SSSR count). The van der Waals surface area contributed by atoms with Crippen LogP contribution in [0.2, 0.25) is 0 Å². The minimum absolute atomic E-state index is 0.0533. The highest BCUT2D eigenvalue weighted by Crippen LogP contribution is 2.19. The number of hydrogen-bond acceptors (Lipinski definition) is 3. The first-order chi connectivity index (χ1) is 10.9. The van der Waals surface area contributed by atoms with Crippen molar-refractivity contribution in [1.82, 2.24) is 10.2 Å². The van der Waals surface area contributed by atoms with Gasteiger partial charge in [0.25, 0.3) is 5.91 Å². The number of benzene rings is 1. The fourth-order valence-corrected chi connectivity index (χ4v) is 2.77. The van der Waals surface area contributed by atoms with Crippen molar-refractivity contribution in [2.75, 3.05) is 13.1 Å². The van der Waals surface area contributed by atoms with Gasteiger partial charge in [0.1, 0.15) is 0 Å². The molecular weight excluding hydrogens is 306 g/mol. The van der Waals surface area contributed by atoms with Crippen molar-refractivity contribution in [3.63, 3.8) is 0 Å². The number of nitrogens with one attached hydrogen (secondary N) is 1. The molecule has 1 aliphatic rings. The molecule has 0 spiro atoms. The summed E-state index contributed by atoms with van der Waals surface area (Å²) in [5.74, 6) is -3.10. The lowest BCUT2D eigenvalue weighted by Gasteiger charge is -2.37. The molecule has 0 bridgehead atoms. The van der Waals surface area contributed by atoms with Crippen molar-refractivity contribution in [1.29, 1.82) is 0 Å². The summed E-state index contributed by atoms with van der Waals surface area (Å²) in [5.41, 5.74) is -0.0533. The second-order valence-corrected chi connectivity index (χ2v) is 5.70. The smallest absolute Gasteiger partial charge is 0.251 e. The Kier molecular flexibility index (Phi) is 5.65. The van der Waals surface area contributed by atoms with E-state index < -0.39 is 23.6 Å². The predicted octanol–water partition coefficient (Wildman–Crippen LogP) is 1.46. The maximum atomic E-state index is 13.1. The third kappa shape index (κ3) is 4.25. The van der Waals surface area contributed by atoms with Crippen LogP contribution in [0.25, 0.3) is 0 Å². The van der Waals surface area contributed by atoms with Crippen LogP contribution in [0.1, 0.15) is 36.5 Å². The Morgan fingerprint density at radius 3 is 2.74 bits per heavy atom. The molecule has 2 amide bonds. The third-order valence-electron chi connectivity index (χ3n) is 4.01. The molecule has 2 N–H and O–H groups in total. The summed E-state index contributed by atoms with van der Waals surface area (Å²) in [5, 5.41) is 12.2. The number of rotatable bonds is 4. The van der Waals surface area contributed by atoms with Gasteiger partial charge in [0.2, 0.25) is 5.91 Å². The molecule has 1 fully saturated rings. The van der Waals surface area contributed by atoms with Crippen molar-refractivity contribution in [3.05, 3.63) is 35.4 Å². The van der Waals surface area contributed by atoms with Gasteiger partial charge in [-0.1, -0.05) is 0 Å². The van der Waals surface area contributed by atoms with Gasteiger partial charge in [-0.25, -0.2) is 8.78 Å². The van der Waals surface area contributed by atoms with E-state index in [9.17, 15) is 23.5 Å². The van der Waals surface area contributed by atoms with Crippen molar-refractivity contribution < 1.29 is 23.5 Å². The Balaban J connectivity index is 1.95. The van der Waals surface area contributed by atoms with Crippen molar-refractivity contribution in [2.24, 2.45) is 0 Å². The zero-order valence-electron chi connectivity index (χ0n) is 12.9. The van der Waals surface area contributed by atoms with Crippen LogP contribution >= 0.6 is 0 Å². The van der Waals surface area contributed by atoms with Gasteiger partial charge in [-0.3, -0.25) is 9.59 Å². The first-order valence-electron chi connectivity index (χ1n) is 7.61. The summed E-state index contributed by atoms with van der Waals surface area (Å²) in [7, 11) is 0. The maximum absolute atomic E-state index is 13.1. The average Bonchev–Trinajstić information content (AvgIpc) is 2.54. The van der Waals surface area contributed by atoms with Crippen LogP contribution in [0.4, 0.5) is 8.78 Å². The average molecular weight is 326 g/mol. The molecule has 7 heteroatoms. The van der Waals surface area contributed by atoms with Gasteiger partial charge in [-0.2, -0.15) is 0 Å². The molecule has 0 aliphatic carbocycles. The highest BCUT2D eigenvalue weighted by Gasteiger charge is 2.29. The number of amides is 2. The number of hydrogen-bond donors (Lipinski definition) is 2. The second kappa shape index (κ2) is 7.50. The summed E-state index contributed by atoms with van der Waals surface area (Å²) in [6.07, 6.45) is 1.88. The number of likely N-dealkylation sites (tertiary alicyclic amines) is 1. The number of carbonyl (C=O) groups excluding carboxylic acids is 2. The normalized spacial score (nSPS) is 19.3. The lowest BCUT2D eigenvalue weighted by atomic mass is 9.98. The first-order valence-corrected chi connectivity index (χ1v) is 7.61. The molecule has 1 aromatic rings. The minimum atomic E-state index is -1.12. The van der Waals surface area contributed by atoms with E-state index in [4.69, 9.17) is 0 Å². The fourth-order valence-electron chi connectivity index (χ4n) is 2.77. The molecule has 0 saturated carbocycles. The van der Waals surface area contributed by atoms with Crippen molar-refractivity contribution in [3.8, 4) is 0 Å². The molecule has 0 radical (unpaired) electrons. The van der Waals surface area contributed by atoms with E-state index in [0.29, 0.717) is 6.54 Å². The summed E-state index contributed by atoms with van der Waals surface area (Å²) >= 11 is 0. The summed E-state index contributed by atoms with van der Waals surface area (Å²) in [4.78, 5) is 25.7. The van der Waals surface area contributed by atoms with Crippen LogP contribution in [0.5, 0.6) is 0 Å². The summed E-state index contributed by atoms with van der Waals surface area (Å²) < 4.78 is 26.0. The van der Waals surface area contributed by atoms with Gasteiger partial charge in [-0.05, 0) is 44.4 Å². The molecule has 1 heterocycles. The van der Waals surface area contributed by atoms with Gasteiger partial charge >= 0.3 is 0 Å².